The summed E-state index contributed by atoms with van der Waals surface area (Å²) in [4.78, 5) is 2.76. The highest BCUT2D eigenvalue weighted by atomic mass is 16.4. The number of rotatable bonds is 4. The lowest BCUT2D eigenvalue weighted by Crippen LogP contribution is -2.43. The summed E-state index contributed by atoms with van der Waals surface area (Å²) in [5.41, 5.74) is 2.26. The van der Waals surface area contributed by atoms with E-state index in [1.165, 1.54) is 62.5 Å². The number of likely N-dealkylation sites (tertiary alicyclic amines) is 1. The lowest BCUT2D eigenvalue weighted by molar-refractivity contribution is 0.0894. The van der Waals surface area contributed by atoms with Gasteiger partial charge in [-0.3, -0.25) is 0 Å². The van der Waals surface area contributed by atoms with Crippen molar-refractivity contribution in [2.75, 3.05) is 13.1 Å². The van der Waals surface area contributed by atoms with E-state index in [0.717, 1.165) is 23.4 Å². The fraction of sp³-hybridized carbons (Fsp3) is 0.625. The predicted octanol–water partition coefficient (Wildman–Crippen LogP) is 5.94. The maximum atomic E-state index is 8.98. The van der Waals surface area contributed by atoms with Crippen molar-refractivity contribution in [1.29, 1.82) is 0 Å². The molecular weight excluding hydrogens is 346 g/mol. The molecule has 1 N–H and O–H groups in total. The Morgan fingerprint density at radius 2 is 1.68 bits per heavy atom. The average molecular weight is 384 g/mol. The van der Waals surface area contributed by atoms with Gasteiger partial charge in [0.05, 0.1) is 6.21 Å². The zero-order valence-corrected chi connectivity index (χ0v) is 16.7. The summed E-state index contributed by atoms with van der Waals surface area (Å²) >= 11 is 0. The second-order valence-electron chi connectivity index (χ2n) is 8.83. The van der Waals surface area contributed by atoms with E-state index >= 15 is 0 Å². The minimum absolute atomic E-state index is 0. The molecule has 0 spiro atoms. The summed E-state index contributed by atoms with van der Waals surface area (Å²) in [6.45, 7) is 7.18. The van der Waals surface area contributed by atoms with Gasteiger partial charge in [0.2, 0.25) is 0 Å². The number of benzene rings is 1. The number of aromatic nitrogens is 1. The minimum Gasteiger partial charge on any atom is -0.411 e. The van der Waals surface area contributed by atoms with Gasteiger partial charge in [0.15, 0.2) is 0 Å². The molecule has 2 aromatic rings. The summed E-state index contributed by atoms with van der Waals surface area (Å²) < 4.78 is 2.42. The first-order valence-electron chi connectivity index (χ1n) is 10.7. The number of para-hydroxylation sites is 1. The summed E-state index contributed by atoms with van der Waals surface area (Å²) in [7, 11) is 0. The van der Waals surface area contributed by atoms with Crippen LogP contribution >= 0.6 is 0 Å². The van der Waals surface area contributed by atoms with E-state index in [0.29, 0.717) is 6.04 Å². The van der Waals surface area contributed by atoms with Crippen molar-refractivity contribution >= 4 is 17.1 Å². The van der Waals surface area contributed by atoms with Crippen molar-refractivity contribution in [3.05, 3.63) is 36.0 Å². The standard InChI is InChI=1S/C23H33N3O.CH4/c1-17(2)18-7-9-20(10-8-18)25-13-11-21(12-14-25)26-16-19(15-24-27)22-5-3-4-6-23(22)26;/h3-6,15-18,20-21,27H,7-14H2,1-2H3;1H4. The number of fused-ring (bicyclic) bond motifs is 1. The number of hydrogen-bond acceptors (Lipinski definition) is 3. The van der Waals surface area contributed by atoms with Crippen molar-refractivity contribution in [2.24, 2.45) is 17.0 Å². The summed E-state index contributed by atoms with van der Waals surface area (Å²) in [6, 6.07) is 9.80. The molecule has 0 atom stereocenters. The highest BCUT2D eigenvalue weighted by Crippen LogP contribution is 2.35. The zero-order chi connectivity index (χ0) is 18.8. The summed E-state index contributed by atoms with van der Waals surface area (Å²) in [5.74, 6) is 1.78. The second-order valence-corrected chi connectivity index (χ2v) is 8.83. The van der Waals surface area contributed by atoms with Crippen LogP contribution in [0, 0.1) is 11.8 Å². The van der Waals surface area contributed by atoms with E-state index < -0.39 is 0 Å². The Hall–Kier alpha value is -1.81. The third-order valence-corrected chi connectivity index (χ3v) is 7.06. The van der Waals surface area contributed by atoms with Gasteiger partial charge in [0.1, 0.15) is 0 Å². The molecule has 1 aromatic carbocycles. The van der Waals surface area contributed by atoms with Gasteiger partial charge >= 0.3 is 0 Å². The molecule has 2 aliphatic rings. The number of hydrogen-bond donors (Lipinski definition) is 1. The Kier molecular flexibility index (Phi) is 6.82. The fourth-order valence-corrected chi connectivity index (χ4v) is 5.36. The molecule has 0 radical (unpaired) electrons. The van der Waals surface area contributed by atoms with Crippen LogP contribution in [0.25, 0.3) is 10.9 Å². The molecule has 2 fully saturated rings. The molecule has 0 bridgehead atoms. The first-order valence-corrected chi connectivity index (χ1v) is 10.7. The van der Waals surface area contributed by atoms with Gasteiger partial charge in [-0.15, -0.1) is 0 Å². The van der Waals surface area contributed by atoms with Gasteiger partial charge in [-0.25, -0.2) is 0 Å². The van der Waals surface area contributed by atoms with Crippen molar-refractivity contribution in [3.63, 3.8) is 0 Å². The van der Waals surface area contributed by atoms with Crippen molar-refractivity contribution in [3.8, 4) is 0 Å². The van der Waals surface area contributed by atoms with E-state index in [1.807, 2.05) is 0 Å². The SMILES string of the molecule is C.CC(C)C1CCC(N2CCC(n3cc(C=NO)c4ccccc43)CC2)CC1. The van der Waals surface area contributed by atoms with E-state index in [-0.39, 0.29) is 7.43 Å². The normalized spacial score (nSPS) is 24.8. The molecule has 28 heavy (non-hydrogen) atoms. The van der Waals surface area contributed by atoms with E-state index in [1.54, 1.807) is 6.21 Å². The Bertz CT molecular complexity index is 778. The molecule has 0 amide bonds. The van der Waals surface area contributed by atoms with E-state index in [4.69, 9.17) is 5.21 Å². The fourth-order valence-electron chi connectivity index (χ4n) is 5.36. The monoisotopic (exact) mass is 383 g/mol. The molecule has 2 heterocycles. The first kappa shape index (κ1) is 20.9. The van der Waals surface area contributed by atoms with Crippen LogP contribution in [0.3, 0.4) is 0 Å². The molecule has 154 valence electrons. The number of piperidine rings is 1. The third-order valence-electron chi connectivity index (χ3n) is 7.06. The maximum Gasteiger partial charge on any atom is 0.0755 e. The minimum atomic E-state index is 0. The van der Waals surface area contributed by atoms with Crippen molar-refractivity contribution in [2.45, 2.75) is 71.9 Å². The Balaban J connectivity index is 0.00000225. The van der Waals surface area contributed by atoms with Crippen LogP contribution in [-0.4, -0.2) is 40.0 Å². The average Bonchev–Trinajstić information content (AvgIpc) is 3.07. The number of oxime groups is 1. The molecule has 4 nitrogen and oxygen atoms in total. The molecule has 1 saturated heterocycles. The van der Waals surface area contributed by atoms with Crippen molar-refractivity contribution in [1.82, 2.24) is 9.47 Å². The molecule has 1 aromatic heterocycles. The molecule has 0 unspecified atom stereocenters. The highest BCUT2D eigenvalue weighted by Gasteiger charge is 2.30. The quantitative estimate of drug-likeness (QED) is 0.403. The van der Waals surface area contributed by atoms with Gasteiger partial charge in [-0.05, 0) is 56.4 Å². The van der Waals surface area contributed by atoms with Crippen LogP contribution in [0.4, 0.5) is 0 Å². The lowest BCUT2D eigenvalue weighted by Gasteiger charge is -2.42. The van der Waals surface area contributed by atoms with Crippen molar-refractivity contribution < 1.29 is 5.21 Å². The molecule has 4 rings (SSSR count). The molecule has 1 saturated carbocycles. The van der Waals surface area contributed by atoms with Crippen LogP contribution in [0.15, 0.2) is 35.6 Å². The smallest absolute Gasteiger partial charge is 0.0755 e. The Morgan fingerprint density at radius 1 is 1.00 bits per heavy atom. The zero-order valence-electron chi connectivity index (χ0n) is 16.7. The molecule has 4 heteroatoms. The van der Waals surface area contributed by atoms with Crippen LogP contribution in [0.5, 0.6) is 0 Å². The van der Waals surface area contributed by atoms with Gasteiger partial charge in [0.25, 0.3) is 0 Å². The van der Waals surface area contributed by atoms with Crippen LogP contribution < -0.4 is 0 Å². The van der Waals surface area contributed by atoms with Crippen LogP contribution in [0.2, 0.25) is 0 Å². The van der Waals surface area contributed by atoms with E-state index in [9.17, 15) is 0 Å². The lowest BCUT2D eigenvalue weighted by atomic mass is 9.79. The third kappa shape index (κ3) is 4.12. The summed E-state index contributed by atoms with van der Waals surface area (Å²) in [5, 5.41) is 13.4. The first-order chi connectivity index (χ1) is 13.2. The maximum absolute atomic E-state index is 8.98. The van der Waals surface area contributed by atoms with Crippen LogP contribution in [-0.2, 0) is 0 Å². The Morgan fingerprint density at radius 3 is 2.32 bits per heavy atom. The van der Waals surface area contributed by atoms with Crippen LogP contribution in [0.1, 0.15) is 71.4 Å². The Labute approximate surface area is 170 Å². The summed E-state index contributed by atoms with van der Waals surface area (Å²) in [6.07, 6.45) is 11.7. The van der Waals surface area contributed by atoms with E-state index in [2.05, 4.69) is 58.9 Å². The largest absolute Gasteiger partial charge is 0.411 e. The van der Waals surface area contributed by atoms with Gasteiger partial charge in [0, 0.05) is 47.8 Å². The molecular formula is C24H37N3O. The van der Waals surface area contributed by atoms with Gasteiger partial charge in [-0.2, -0.15) is 0 Å². The predicted molar refractivity (Wildman–Crippen MR) is 118 cm³/mol. The van der Waals surface area contributed by atoms with Gasteiger partial charge < -0.3 is 14.7 Å². The second kappa shape index (κ2) is 9.13. The highest BCUT2D eigenvalue weighted by molar-refractivity contribution is 5.99. The molecule has 1 aliphatic heterocycles. The number of nitrogens with zero attached hydrogens (tertiary/aromatic N) is 3. The topological polar surface area (TPSA) is 40.8 Å². The van der Waals surface area contributed by atoms with Gasteiger partial charge in [-0.1, -0.05) is 44.6 Å². The molecule has 1 aliphatic carbocycles.